The summed E-state index contributed by atoms with van der Waals surface area (Å²) in [6, 6.07) is 16.3. The van der Waals surface area contributed by atoms with Crippen molar-refractivity contribution in [2.45, 2.75) is 19.8 Å². The molecule has 2 aromatic carbocycles. The number of hydrogen-bond donors (Lipinski definition) is 0. The van der Waals surface area contributed by atoms with Crippen molar-refractivity contribution in [3.63, 3.8) is 0 Å². The average Bonchev–Trinajstić information content (AvgIpc) is 2.75. The molecule has 1 heterocycles. The fourth-order valence-corrected chi connectivity index (χ4v) is 3.51. The van der Waals surface area contributed by atoms with Crippen molar-refractivity contribution in [1.82, 2.24) is 4.90 Å². The fourth-order valence-electron chi connectivity index (χ4n) is 3.51. The minimum atomic E-state index is -0.225. The lowest BCUT2D eigenvalue weighted by Gasteiger charge is -2.29. The highest BCUT2D eigenvalue weighted by Crippen LogP contribution is 2.34. The number of nitrogens with zero attached hydrogens (tertiary/aromatic N) is 1. The highest BCUT2D eigenvalue weighted by molar-refractivity contribution is 5.83. The monoisotopic (exact) mass is 381 g/mol. The predicted octanol–water partition coefficient (Wildman–Crippen LogP) is 4.76. The highest BCUT2D eigenvalue weighted by Gasteiger charge is 2.23. The minimum Gasteiger partial charge on any atom is -0.497 e. The third-order valence-corrected chi connectivity index (χ3v) is 5.00. The van der Waals surface area contributed by atoms with E-state index < -0.39 is 0 Å². The second-order valence-corrected chi connectivity index (χ2v) is 6.62. The Morgan fingerprint density at radius 2 is 1.32 bits per heavy atom. The van der Waals surface area contributed by atoms with E-state index in [-0.39, 0.29) is 6.09 Å². The Labute approximate surface area is 166 Å². The van der Waals surface area contributed by atoms with Crippen LogP contribution in [0.3, 0.4) is 0 Å². The number of hydrogen-bond acceptors (Lipinski definition) is 4. The van der Waals surface area contributed by atoms with Crippen LogP contribution in [-0.4, -0.2) is 44.9 Å². The summed E-state index contributed by atoms with van der Waals surface area (Å²) < 4.78 is 15.7. The Kier molecular flexibility index (Phi) is 6.58. The average molecular weight is 381 g/mol. The lowest BCUT2D eigenvalue weighted by molar-refractivity contribution is 0.104. The molecule has 1 fully saturated rings. The molecule has 1 saturated heterocycles. The molecule has 0 aromatic heterocycles. The molecular weight excluding hydrogens is 354 g/mol. The van der Waals surface area contributed by atoms with Crippen molar-refractivity contribution in [2.75, 3.05) is 33.9 Å². The molecule has 2 aromatic rings. The van der Waals surface area contributed by atoms with Gasteiger partial charge in [-0.2, -0.15) is 0 Å². The van der Waals surface area contributed by atoms with Crippen molar-refractivity contribution < 1.29 is 19.0 Å². The SMILES string of the molecule is CCOC(=O)N1CCC(=C(c2ccc(OC)cc2)c2ccc(OC)cc2)CC1. The molecule has 5 nitrogen and oxygen atoms in total. The maximum Gasteiger partial charge on any atom is 0.409 e. The van der Waals surface area contributed by atoms with Gasteiger partial charge in [-0.1, -0.05) is 29.8 Å². The number of benzene rings is 2. The third kappa shape index (κ3) is 4.47. The van der Waals surface area contributed by atoms with Gasteiger partial charge in [-0.15, -0.1) is 0 Å². The van der Waals surface area contributed by atoms with Gasteiger partial charge in [0, 0.05) is 13.1 Å². The van der Waals surface area contributed by atoms with Crippen molar-refractivity contribution in [3.8, 4) is 11.5 Å². The van der Waals surface area contributed by atoms with Crippen LogP contribution in [0.4, 0.5) is 4.79 Å². The molecule has 0 bridgehead atoms. The second-order valence-electron chi connectivity index (χ2n) is 6.62. The minimum absolute atomic E-state index is 0.225. The predicted molar refractivity (Wildman–Crippen MR) is 110 cm³/mol. The van der Waals surface area contributed by atoms with Gasteiger partial charge < -0.3 is 19.1 Å². The summed E-state index contributed by atoms with van der Waals surface area (Å²) in [5.41, 5.74) is 4.85. The number of carbonyl (C=O) groups excluding carboxylic acids is 1. The first kappa shape index (κ1) is 19.8. The number of methoxy groups -OCH3 is 2. The molecule has 3 rings (SSSR count). The number of carbonyl (C=O) groups is 1. The number of ether oxygens (including phenoxy) is 3. The molecule has 1 aliphatic heterocycles. The number of piperidine rings is 1. The largest absolute Gasteiger partial charge is 0.497 e. The normalized spacial score (nSPS) is 13.8. The summed E-state index contributed by atoms with van der Waals surface area (Å²) in [5, 5.41) is 0. The molecule has 148 valence electrons. The quantitative estimate of drug-likeness (QED) is 0.749. The van der Waals surface area contributed by atoms with Gasteiger partial charge in [-0.25, -0.2) is 4.79 Å². The molecule has 28 heavy (non-hydrogen) atoms. The smallest absolute Gasteiger partial charge is 0.409 e. The first-order valence-electron chi connectivity index (χ1n) is 9.58. The molecule has 5 heteroatoms. The lowest BCUT2D eigenvalue weighted by atomic mass is 9.88. The van der Waals surface area contributed by atoms with Gasteiger partial charge in [0.25, 0.3) is 0 Å². The summed E-state index contributed by atoms with van der Waals surface area (Å²) >= 11 is 0. The van der Waals surface area contributed by atoms with E-state index in [9.17, 15) is 4.79 Å². The summed E-state index contributed by atoms with van der Waals surface area (Å²) in [6.07, 6.45) is 1.43. The summed E-state index contributed by atoms with van der Waals surface area (Å²) in [5.74, 6) is 1.67. The van der Waals surface area contributed by atoms with Crippen molar-refractivity contribution in [3.05, 3.63) is 65.2 Å². The fraction of sp³-hybridized carbons (Fsp3) is 0.348. The Morgan fingerprint density at radius 3 is 1.71 bits per heavy atom. The molecule has 1 aliphatic rings. The topological polar surface area (TPSA) is 48.0 Å². The van der Waals surface area contributed by atoms with E-state index >= 15 is 0 Å². The van der Waals surface area contributed by atoms with E-state index in [1.165, 1.54) is 11.1 Å². The van der Waals surface area contributed by atoms with Crippen molar-refractivity contribution in [1.29, 1.82) is 0 Å². The molecule has 0 atom stereocenters. The van der Waals surface area contributed by atoms with Crippen LogP contribution in [0.25, 0.3) is 5.57 Å². The molecular formula is C23H27NO4. The van der Waals surface area contributed by atoms with Crippen LogP contribution < -0.4 is 9.47 Å². The molecule has 0 spiro atoms. The van der Waals surface area contributed by atoms with E-state index in [1.807, 2.05) is 31.2 Å². The van der Waals surface area contributed by atoms with Gasteiger partial charge >= 0.3 is 6.09 Å². The van der Waals surface area contributed by atoms with E-state index in [1.54, 1.807) is 19.1 Å². The standard InChI is InChI=1S/C23H27NO4/c1-4-28-23(25)24-15-13-19(14-16-24)22(17-5-9-20(26-2)10-6-17)18-7-11-21(27-3)12-8-18/h5-12H,4,13-16H2,1-3H3. The van der Waals surface area contributed by atoms with Gasteiger partial charge in [0.1, 0.15) is 11.5 Å². The highest BCUT2D eigenvalue weighted by atomic mass is 16.6. The molecule has 0 radical (unpaired) electrons. The van der Waals surface area contributed by atoms with Crippen LogP contribution in [-0.2, 0) is 4.74 Å². The summed E-state index contributed by atoms with van der Waals surface area (Å²) in [6.45, 7) is 3.58. The summed E-state index contributed by atoms with van der Waals surface area (Å²) in [7, 11) is 3.34. The van der Waals surface area contributed by atoms with Gasteiger partial charge in [-0.05, 0) is 60.7 Å². The molecule has 0 N–H and O–H groups in total. The molecule has 1 amide bonds. The zero-order chi connectivity index (χ0) is 19.9. The maximum atomic E-state index is 12.0. The number of likely N-dealkylation sites (tertiary alicyclic amines) is 1. The number of rotatable bonds is 5. The van der Waals surface area contributed by atoms with Crippen LogP contribution in [0, 0.1) is 0 Å². The Balaban J connectivity index is 1.93. The van der Waals surface area contributed by atoms with E-state index in [0.29, 0.717) is 19.7 Å². The Hall–Kier alpha value is -2.95. The van der Waals surface area contributed by atoms with Gasteiger partial charge in [0.15, 0.2) is 0 Å². The Bertz CT molecular complexity index is 765. The van der Waals surface area contributed by atoms with E-state index in [4.69, 9.17) is 14.2 Å². The van der Waals surface area contributed by atoms with Gasteiger partial charge in [-0.3, -0.25) is 0 Å². The first-order chi connectivity index (χ1) is 13.7. The third-order valence-electron chi connectivity index (χ3n) is 5.00. The zero-order valence-electron chi connectivity index (χ0n) is 16.7. The van der Waals surface area contributed by atoms with Crippen LogP contribution in [0.15, 0.2) is 54.1 Å². The Morgan fingerprint density at radius 1 is 0.857 bits per heavy atom. The molecule has 0 unspecified atom stereocenters. The van der Waals surface area contributed by atoms with Crippen LogP contribution >= 0.6 is 0 Å². The maximum absolute atomic E-state index is 12.0. The van der Waals surface area contributed by atoms with E-state index in [0.717, 1.165) is 35.5 Å². The van der Waals surface area contributed by atoms with Gasteiger partial charge in [0.2, 0.25) is 0 Å². The lowest BCUT2D eigenvalue weighted by Crippen LogP contribution is -2.37. The molecule has 0 saturated carbocycles. The second kappa shape index (κ2) is 9.31. The van der Waals surface area contributed by atoms with Crippen molar-refractivity contribution in [2.24, 2.45) is 0 Å². The molecule has 0 aliphatic carbocycles. The van der Waals surface area contributed by atoms with Crippen LogP contribution in [0.5, 0.6) is 11.5 Å². The van der Waals surface area contributed by atoms with Gasteiger partial charge in [0.05, 0.1) is 20.8 Å². The summed E-state index contributed by atoms with van der Waals surface area (Å²) in [4.78, 5) is 13.8. The van der Waals surface area contributed by atoms with Crippen LogP contribution in [0.2, 0.25) is 0 Å². The van der Waals surface area contributed by atoms with Crippen LogP contribution in [0.1, 0.15) is 30.9 Å². The first-order valence-corrected chi connectivity index (χ1v) is 9.58. The van der Waals surface area contributed by atoms with E-state index in [2.05, 4.69) is 24.3 Å². The van der Waals surface area contributed by atoms with Crippen molar-refractivity contribution >= 4 is 11.7 Å². The number of amides is 1. The zero-order valence-corrected chi connectivity index (χ0v) is 16.7.